The molecule has 1 N–H and O–H groups in total. The molecule has 0 radical (unpaired) electrons. The van der Waals surface area contributed by atoms with Crippen molar-refractivity contribution >= 4 is 11.8 Å². The van der Waals surface area contributed by atoms with Gasteiger partial charge in [-0.25, -0.2) is 4.68 Å². The third kappa shape index (κ3) is 3.61. The monoisotopic (exact) mass is 239 g/mol. The topological polar surface area (TPSA) is 55.6 Å². The molecule has 1 heterocycles. The van der Waals surface area contributed by atoms with Gasteiger partial charge in [0, 0.05) is 18.3 Å². The highest BCUT2D eigenvalue weighted by Crippen LogP contribution is 2.18. The summed E-state index contributed by atoms with van der Waals surface area (Å²) in [5, 5.41) is 16.0. The van der Waals surface area contributed by atoms with E-state index >= 15 is 0 Å². The van der Waals surface area contributed by atoms with Gasteiger partial charge in [0.25, 0.3) is 0 Å². The molecule has 0 spiro atoms. The molecule has 0 unspecified atom stereocenters. The zero-order valence-corrected chi connectivity index (χ0v) is 10.3. The Morgan fingerprint density at radius 2 is 2.44 bits per heavy atom. The highest BCUT2D eigenvalue weighted by molar-refractivity contribution is 7.99. The van der Waals surface area contributed by atoms with Crippen molar-refractivity contribution in [2.45, 2.75) is 37.5 Å². The minimum absolute atomic E-state index is 0.746. The average molecular weight is 239 g/mol. The van der Waals surface area contributed by atoms with Gasteiger partial charge in [-0.1, -0.05) is 23.9 Å². The Bertz CT molecular complexity index is 345. The highest BCUT2D eigenvalue weighted by Gasteiger charge is 2.19. The SMILES string of the molecule is CC=CCSc1nnnn1CCNC1CC1. The van der Waals surface area contributed by atoms with Crippen LogP contribution in [0.1, 0.15) is 19.8 Å². The first-order valence-corrected chi connectivity index (χ1v) is 6.62. The summed E-state index contributed by atoms with van der Waals surface area (Å²) in [6.07, 6.45) is 6.78. The van der Waals surface area contributed by atoms with Crippen molar-refractivity contribution in [1.29, 1.82) is 0 Å². The summed E-state index contributed by atoms with van der Waals surface area (Å²) in [5.41, 5.74) is 0. The van der Waals surface area contributed by atoms with Crippen molar-refractivity contribution in [3.8, 4) is 0 Å². The number of thioether (sulfide) groups is 1. The molecule has 0 aliphatic heterocycles. The van der Waals surface area contributed by atoms with E-state index in [-0.39, 0.29) is 0 Å². The highest BCUT2D eigenvalue weighted by atomic mass is 32.2. The third-order valence-electron chi connectivity index (χ3n) is 2.38. The summed E-state index contributed by atoms with van der Waals surface area (Å²) in [5.74, 6) is 0.924. The molecule has 1 aromatic heterocycles. The van der Waals surface area contributed by atoms with E-state index in [2.05, 4.69) is 26.9 Å². The van der Waals surface area contributed by atoms with Crippen molar-refractivity contribution < 1.29 is 0 Å². The van der Waals surface area contributed by atoms with Gasteiger partial charge in [0.1, 0.15) is 0 Å². The maximum Gasteiger partial charge on any atom is 0.209 e. The molecule has 1 aliphatic carbocycles. The van der Waals surface area contributed by atoms with Crippen molar-refractivity contribution in [3.05, 3.63) is 12.2 Å². The van der Waals surface area contributed by atoms with E-state index in [4.69, 9.17) is 0 Å². The zero-order chi connectivity index (χ0) is 11.2. The summed E-state index contributed by atoms with van der Waals surface area (Å²) >= 11 is 1.67. The molecule has 0 amide bonds. The van der Waals surface area contributed by atoms with E-state index in [0.717, 1.165) is 30.0 Å². The summed E-state index contributed by atoms with van der Waals surface area (Å²) in [6.45, 7) is 3.82. The molecule has 0 aromatic carbocycles. The number of nitrogens with one attached hydrogen (secondary N) is 1. The number of hydrogen-bond acceptors (Lipinski definition) is 5. The number of nitrogens with zero attached hydrogens (tertiary/aromatic N) is 4. The van der Waals surface area contributed by atoms with Crippen LogP contribution in [0.3, 0.4) is 0 Å². The normalized spacial score (nSPS) is 16.1. The van der Waals surface area contributed by atoms with E-state index in [0.29, 0.717) is 0 Å². The molecule has 0 bridgehead atoms. The van der Waals surface area contributed by atoms with Crippen LogP contribution in [0.5, 0.6) is 0 Å². The molecule has 5 nitrogen and oxygen atoms in total. The van der Waals surface area contributed by atoms with Crippen LogP contribution in [-0.4, -0.2) is 38.5 Å². The van der Waals surface area contributed by atoms with Crippen LogP contribution in [0.2, 0.25) is 0 Å². The fourth-order valence-corrected chi connectivity index (χ4v) is 2.13. The van der Waals surface area contributed by atoms with Gasteiger partial charge in [-0.2, -0.15) is 0 Å². The lowest BCUT2D eigenvalue weighted by atomic mass is 10.6. The van der Waals surface area contributed by atoms with Crippen LogP contribution in [0.15, 0.2) is 17.3 Å². The Hall–Kier alpha value is -0.880. The lowest BCUT2D eigenvalue weighted by Crippen LogP contribution is -2.22. The Kier molecular flexibility index (Phi) is 4.35. The second-order valence-corrected chi connectivity index (χ2v) is 4.78. The first-order valence-electron chi connectivity index (χ1n) is 5.63. The van der Waals surface area contributed by atoms with Gasteiger partial charge in [0.2, 0.25) is 5.16 Å². The summed E-state index contributed by atoms with van der Waals surface area (Å²) < 4.78 is 1.86. The quantitative estimate of drug-likeness (QED) is 0.570. The Morgan fingerprint density at radius 1 is 1.56 bits per heavy atom. The van der Waals surface area contributed by atoms with Crippen LogP contribution in [0.25, 0.3) is 0 Å². The van der Waals surface area contributed by atoms with Crippen LogP contribution < -0.4 is 5.32 Å². The summed E-state index contributed by atoms with van der Waals surface area (Å²) in [4.78, 5) is 0. The van der Waals surface area contributed by atoms with Gasteiger partial charge in [0.15, 0.2) is 0 Å². The van der Waals surface area contributed by atoms with Crippen molar-refractivity contribution in [2.24, 2.45) is 0 Å². The first kappa shape index (κ1) is 11.6. The molecule has 6 heteroatoms. The van der Waals surface area contributed by atoms with Crippen molar-refractivity contribution in [2.75, 3.05) is 12.3 Å². The van der Waals surface area contributed by atoms with Crippen molar-refractivity contribution in [1.82, 2.24) is 25.5 Å². The van der Waals surface area contributed by atoms with Gasteiger partial charge >= 0.3 is 0 Å². The number of rotatable bonds is 7. The first-order chi connectivity index (χ1) is 7.90. The number of aromatic nitrogens is 4. The Morgan fingerprint density at radius 3 is 3.19 bits per heavy atom. The van der Waals surface area contributed by atoms with Crippen molar-refractivity contribution in [3.63, 3.8) is 0 Å². The standard InChI is InChI=1S/C10H17N5S/c1-2-3-8-16-10-12-13-14-15(10)7-6-11-9-4-5-9/h2-3,9,11H,4-8H2,1H3. The Balaban J connectivity index is 1.75. The molecule has 1 saturated carbocycles. The molecule has 1 aliphatic rings. The van der Waals surface area contributed by atoms with Gasteiger partial charge in [-0.3, -0.25) is 0 Å². The predicted octanol–water partition coefficient (Wildman–Crippen LogP) is 1.09. The second-order valence-electron chi connectivity index (χ2n) is 3.79. The fourth-order valence-electron chi connectivity index (χ4n) is 1.32. The molecule has 16 heavy (non-hydrogen) atoms. The fraction of sp³-hybridized carbons (Fsp3) is 0.700. The van der Waals surface area contributed by atoms with Gasteiger partial charge < -0.3 is 5.32 Å². The van der Waals surface area contributed by atoms with Gasteiger partial charge in [-0.15, -0.1) is 5.10 Å². The lowest BCUT2D eigenvalue weighted by molar-refractivity contribution is 0.510. The summed E-state index contributed by atoms with van der Waals surface area (Å²) in [6, 6.07) is 0.746. The molecule has 1 fully saturated rings. The number of hydrogen-bond donors (Lipinski definition) is 1. The minimum Gasteiger partial charge on any atom is -0.312 e. The molecular formula is C10H17N5S. The number of tetrazole rings is 1. The maximum atomic E-state index is 4.00. The molecule has 2 rings (SSSR count). The van der Waals surface area contributed by atoms with Gasteiger partial charge in [0.05, 0.1) is 6.54 Å². The minimum atomic E-state index is 0.746. The van der Waals surface area contributed by atoms with Crippen LogP contribution in [-0.2, 0) is 6.54 Å². The largest absolute Gasteiger partial charge is 0.312 e. The molecular weight excluding hydrogens is 222 g/mol. The Labute approximate surface area is 99.7 Å². The van der Waals surface area contributed by atoms with Crippen LogP contribution in [0.4, 0.5) is 0 Å². The van der Waals surface area contributed by atoms with E-state index in [1.54, 1.807) is 11.8 Å². The third-order valence-corrected chi connectivity index (χ3v) is 3.29. The van der Waals surface area contributed by atoms with Gasteiger partial charge in [-0.05, 0) is 30.2 Å². The smallest absolute Gasteiger partial charge is 0.209 e. The van der Waals surface area contributed by atoms with E-state index < -0.39 is 0 Å². The van der Waals surface area contributed by atoms with E-state index in [1.807, 2.05) is 17.7 Å². The van der Waals surface area contributed by atoms with E-state index in [1.165, 1.54) is 12.8 Å². The zero-order valence-electron chi connectivity index (χ0n) is 9.46. The number of allylic oxidation sites excluding steroid dienone is 1. The lowest BCUT2D eigenvalue weighted by Gasteiger charge is -2.04. The molecule has 1 aromatic rings. The average Bonchev–Trinajstić information content (AvgIpc) is 3.00. The molecule has 0 atom stereocenters. The maximum absolute atomic E-state index is 4.00. The predicted molar refractivity (Wildman–Crippen MR) is 64.4 cm³/mol. The molecule has 88 valence electrons. The summed E-state index contributed by atoms with van der Waals surface area (Å²) in [7, 11) is 0. The van der Waals surface area contributed by atoms with Crippen LogP contribution >= 0.6 is 11.8 Å². The van der Waals surface area contributed by atoms with Crippen LogP contribution in [0, 0.1) is 0 Å². The van der Waals surface area contributed by atoms with E-state index in [9.17, 15) is 0 Å². The second kappa shape index (κ2) is 6.00. The molecule has 0 saturated heterocycles.